The van der Waals surface area contributed by atoms with Crippen molar-refractivity contribution in [1.82, 2.24) is 4.90 Å². The van der Waals surface area contributed by atoms with Crippen LogP contribution in [0.2, 0.25) is 10.0 Å². The minimum absolute atomic E-state index is 0.173. The molecule has 3 aromatic rings. The molecule has 0 bridgehead atoms. The van der Waals surface area contributed by atoms with Gasteiger partial charge in [-0.25, -0.2) is 0 Å². The maximum atomic E-state index is 12.6. The second kappa shape index (κ2) is 8.49. The zero-order chi connectivity index (χ0) is 20.4. The number of amides is 2. The number of fused-ring (bicyclic) bond motifs is 1. The molecule has 0 aliphatic carbocycles. The molecule has 4 nitrogen and oxygen atoms in total. The number of hydrogen-bond donors (Lipinski definition) is 0. The van der Waals surface area contributed by atoms with E-state index in [0.29, 0.717) is 20.5 Å². The molecule has 29 heavy (non-hydrogen) atoms. The Balaban J connectivity index is 1.44. The van der Waals surface area contributed by atoms with Crippen LogP contribution in [0.1, 0.15) is 5.56 Å². The number of hydrogen-bond acceptors (Lipinski definition) is 4. The number of thioether (sulfide) groups is 1. The van der Waals surface area contributed by atoms with Crippen molar-refractivity contribution in [3.05, 3.63) is 81.2 Å². The molecule has 0 unspecified atom stereocenters. The Morgan fingerprint density at radius 3 is 2.59 bits per heavy atom. The summed E-state index contributed by atoms with van der Waals surface area (Å²) in [6, 6.07) is 18.7. The van der Waals surface area contributed by atoms with E-state index in [2.05, 4.69) is 0 Å². The highest BCUT2D eigenvalue weighted by Crippen LogP contribution is 2.33. The van der Waals surface area contributed by atoms with E-state index in [1.807, 2.05) is 42.5 Å². The van der Waals surface area contributed by atoms with Gasteiger partial charge in [-0.2, -0.15) is 0 Å². The van der Waals surface area contributed by atoms with Crippen molar-refractivity contribution in [1.29, 1.82) is 0 Å². The van der Waals surface area contributed by atoms with Crippen molar-refractivity contribution in [2.24, 2.45) is 0 Å². The first-order valence-corrected chi connectivity index (χ1v) is 10.4. The zero-order valence-electron chi connectivity index (χ0n) is 15.1. The average Bonchev–Trinajstić information content (AvgIpc) is 2.98. The Bertz CT molecular complexity index is 1140. The van der Waals surface area contributed by atoms with Crippen molar-refractivity contribution in [2.45, 2.75) is 0 Å². The first-order chi connectivity index (χ1) is 14.0. The van der Waals surface area contributed by atoms with Gasteiger partial charge in [0, 0.05) is 5.39 Å². The Labute approximate surface area is 182 Å². The molecule has 0 N–H and O–H groups in total. The van der Waals surface area contributed by atoms with Crippen LogP contribution >= 0.6 is 35.0 Å². The van der Waals surface area contributed by atoms with E-state index in [0.717, 1.165) is 28.3 Å². The quantitative estimate of drug-likeness (QED) is 0.436. The van der Waals surface area contributed by atoms with Crippen LogP contribution in [0.15, 0.2) is 65.6 Å². The fourth-order valence-electron chi connectivity index (χ4n) is 3.01. The van der Waals surface area contributed by atoms with Crippen LogP contribution in [0.5, 0.6) is 5.75 Å². The minimum Gasteiger partial charge on any atom is -0.491 e. The second-order valence-electron chi connectivity index (χ2n) is 6.33. The Hall–Kier alpha value is -2.47. The SMILES string of the molecule is O=C1S/C(=C\c2ccc(Cl)c(Cl)c2)C(=O)N1CCOc1cccc2ccccc12. The van der Waals surface area contributed by atoms with Crippen LogP contribution in [-0.4, -0.2) is 29.2 Å². The summed E-state index contributed by atoms with van der Waals surface area (Å²) in [7, 11) is 0. The zero-order valence-corrected chi connectivity index (χ0v) is 17.4. The van der Waals surface area contributed by atoms with Crippen molar-refractivity contribution >= 4 is 63.0 Å². The molecule has 0 atom stereocenters. The predicted octanol–water partition coefficient (Wildman–Crippen LogP) is 6.26. The molecule has 1 aliphatic rings. The number of carbonyl (C=O) groups is 2. The standard InChI is InChI=1S/C22H15Cl2NO3S/c23-17-9-8-14(12-18(17)24)13-20-21(26)25(22(27)29-20)10-11-28-19-7-3-5-15-4-1-2-6-16(15)19/h1-9,12-13H,10-11H2/b20-13-. The molecule has 1 aliphatic heterocycles. The molecule has 7 heteroatoms. The number of imide groups is 1. The van der Waals surface area contributed by atoms with Crippen LogP contribution in [0.25, 0.3) is 16.8 Å². The summed E-state index contributed by atoms with van der Waals surface area (Å²) >= 11 is 12.8. The van der Waals surface area contributed by atoms with E-state index in [-0.39, 0.29) is 24.3 Å². The van der Waals surface area contributed by atoms with Gasteiger partial charge in [-0.15, -0.1) is 0 Å². The van der Waals surface area contributed by atoms with Gasteiger partial charge >= 0.3 is 0 Å². The fourth-order valence-corrected chi connectivity index (χ4v) is 4.19. The number of halogens is 2. The van der Waals surface area contributed by atoms with Gasteiger partial charge in [0.2, 0.25) is 0 Å². The summed E-state index contributed by atoms with van der Waals surface area (Å²) in [6.07, 6.45) is 1.64. The number of carbonyl (C=O) groups excluding carboxylic acids is 2. The summed E-state index contributed by atoms with van der Waals surface area (Å²) in [5.74, 6) is 0.383. The van der Waals surface area contributed by atoms with Crippen molar-refractivity contribution in [3.8, 4) is 5.75 Å². The monoisotopic (exact) mass is 443 g/mol. The number of benzene rings is 3. The lowest BCUT2D eigenvalue weighted by Gasteiger charge is -2.14. The van der Waals surface area contributed by atoms with Crippen LogP contribution in [-0.2, 0) is 4.79 Å². The largest absolute Gasteiger partial charge is 0.491 e. The van der Waals surface area contributed by atoms with E-state index < -0.39 is 0 Å². The Morgan fingerprint density at radius 1 is 0.966 bits per heavy atom. The molecule has 0 radical (unpaired) electrons. The summed E-state index contributed by atoms with van der Waals surface area (Å²) in [4.78, 5) is 26.5. The van der Waals surface area contributed by atoms with Gasteiger partial charge in [-0.05, 0) is 47.0 Å². The van der Waals surface area contributed by atoms with E-state index in [4.69, 9.17) is 27.9 Å². The van der Waals surface area contributed by atoms with Crippen molar-refractivity contribution < 1.29 is 14.3 Å². The van der Waals surface area contributed by atoms with E-state index in [1.165, 1.54) is 4.90 Å². The first-order valence-electron chi connectivity index (χ1n) is 8.84. The summed E-state index contributed by atoms with van der Waals surface area (Å²) in [5.41, 5.74) is 0.705. The lowest BCUT2D eigenvalue weighted by Crippen LogP contribution is -2.32. The molecule has 1 heterocycles. The third kappa shape index (κ3) is 4.27. The van der Waals surface area contributed by atoms with Gasteiger partial charge in [0.1, 0.15) is 12.4 Å². The highest BCUT2D eigenvalue weighted by molar-refractivity contribution is 8.18. The van der Waals surface area contributed by atoms with Gasteiger partial charge in [-0.3, -0.25) is 14.5 Å². The molecule has 4 rings (SSSR count). The number of nitrogens with zero attached hydrogens (tertiary/aromatic N) is 1. The van der Waals surface area contributed by atoms with Crippen molar-refractivity contribution in [2.75, 3.05) is 13.2 Å². The lowest BCUT2D eigenvalue weighted by molar-refractivity contribution is -0.123. The van der Waals surface area contributed by atoms with Crippen LogP contribution in [0.3, 0.4) is 0 Å². The number of rotatable bonds is 5. The highest BCUT2D eigenvalue weighted by atomic mass is 35.5. The molecular weight excluding hydrogens is 429 g/mol. The summed E-state index contributed by atoms with van der Waals surface area (Å²) in [6.45, 7) is 0.388. The van der Waals surface area contributed by atoms with Gasteiger partial charge in [0.05, 0.1) is 21.5 Å². The van der Waals surface area contributed by atoms with Gasteiger partial charge in [0.15, 0.2) is 0 Å². The maximum absolute atomic E-state index is 12.6. The van der Waals surface area contributed by atoms with Gasteiger partial charge in [0.25, 0.3) is 11.1 Å². The predicted molar refractivity (Wildman–Crippen MR) is 119 cm³/mol. The third-order valence-electron chi connectivity index (χ3n) is 4.44. The Morgan fingerprint density at radius 2 is 1.76 bits per heavy atom. The summed E-state index contributed by atoms with van der Waals surface area (Å²) in [5, 5.41) is 2.57. The smallest absolute Gasteiger partial charge is 0.293 e. The van der Waals surface area contributed by atoms with Crippen molar-refractivity contribution in [3.63, 3.8) is 0 Å². The second-order valence-corrected chi connectivity index (χ2v) is 8.14. The van der Waals surface area contributed by atoms with Crippen LogP contribution in [0.4, 0.5) is 4.79 Å². The minimum atomic E-state index is -0.340. The Kier molecular flexibility index (Phi) is 5.81. The molecule has 3 aromatic carbocycles. The van der Waals surface area contributed by atoms with E-state index in [9.17, 15) is 9.59 Å². The molecule has 1 fully saturated rings. The van der Waals surface area contributed by atoms with Crippen LogP contribution < -0.4 is 4.74 Å². The number of ether oxygens (including phenoxy) is 1. The third-order valence-corrected chi connectivity index (χ3v) is 6.08. The molecule has 0 spiro atoms. The summed E-state index contributed by atoms with van der Waals surface area (Å²) < 4.78 is 5.85. The van der Waals surface area contributed by atoms with Gasteiger partial charge in [-0.1, -0.05) is 65.7 Å². The fraction of sp³-hybridized carbons (Fsp3) is 0.0909. The first kappa shape index (κ1) is 19.8. The van der Waals surface area contributed by atoms with E-state index >= 15 is 0 Å². The topological polar surface area (TPSA) is 46.6 Å². The average molecular weight is 444 g/mol. The molecule has 146 valence electrons. The molecular formula is C22H15Cl2NO3S. The molecule has 0 aromatic heterocycles. The van der Waals surface area contributed by atoms with Crippen LogP contribution in [0, 0.1) is 0 Å². The molecule has 2 amide bonds. The van der Waals surface area contributed by atoms with E-state index in [1.54, 1.807) is 24.3 Å². The van der Waals surface area contributed by atoms with Gasteiger partial charge < -0.3 is 4.74 Å². The highest BCUT2D eigenvalue weighted by Gasteiger charge is 2.34. The normalized spacial score (nSPS) is 15.5. The maximum Gasteiger partial charge on any atom is 0.293 e. The lowest BCUT2D eigenvalue weighted by atomic mass is 10.1. The molecule has 0 saturated carbocycles. The molecule has 1 saturated heterocycles.